The predicted octanol–water partition coefficient (Wildman–Crippen LogP) is 2.56. The van der Waals surface area contributed by atoms with E-state index >= 15 is 0 Å². The first-order chi connectivity index (χ1) is 13.5. The summed E-state index contributed by atoms with van der Waals surface area (Å²) in [6.45, 7) is 5.98. The van der Waals surface area contributed by atoms with Crippen molar-refractivity contribution in [1.82, 2.24) is 9.55 Å². The topological polar surface area (TPSA) is 84.6 Å². The second-order valence-electron chi connectivity index (χ2n) is 7.33. The Morgan fingerprint density at radius 2 is 2.11 bits per heavy atom. The van der Waals surface area contributed by atoms with E-state index in [1.807, 2.05) is 37.3 Å². The molecule has 5 rings (SSSR count). The molecule has 1 aromatic carbocycles. The molecule has 0 fully saturated rings. The minimum absolute atomic E-state index is 0.0915. The summed E-state index contributed by atoms with van der Waals surface area (Å²) in [5.41, 5.74) is 3.12. The van der Waals surface area contributed by atoms with E-state index in [2.05, 4.69) is 6.58 Å². The molecule has 0 unspecified atom stereocenters. The number of rotatable bonds is 2. The molecule has 0 saturated heterocycles. The Labute approximate surface area is 161 Å². The van der Waals surface area contributed by atoms with E-state index in [1.165, 1.54) is 0 Å². The summed E-state index contributed by atoms with van der Waals surface area (Å²) in [6, 6.07) is 9.47. The van der Waals surface area contributed by atoms with Gasteiger partial charge in [0.1, 0.15) is 18.0 Å². The first kappa shape index (κ1) is 17.2. The second kappa shape index (κ2) is 5.77. The molecule has 6 heteroatoms. The summed E-state index contributed by atoms with van der Waals surface area (Å²) >= 11 is 0. The van der Waals surface area contributed by atoms with Crippen LogP contribution >= 0.6 is 0 Å². The van der Waals surface area contributed by atoms with E-state index in [4.69, 9.17) is 9.72 Å². The Balaban J connectivity index is 1.84. The minimum Gasteiger partial charge on any atom is -0.490 e. The first-order valence-corrected chi connectivity index (χ1v) is 9.33. The van der Waals surface area contributed by atoms with Crippen LogP contribution in [0.2, 0.25) is 0 Å². The van der Waals surface area contributed by atoms with Crippen molar-refractivity contribution in [3.8, 4) is 11.4 Å². The molecule has 0 bridgehead atoms. The van der Waals surface area contributed by atoms with Gasteiger partial charge in [-0.05, 0) is 24.1 Å². The quantitative estimate of drug-likeness (QED) is 0.562. The van der Waals surface area contributed by atoms with Gasteiger partial charge in [0.2, 0.25) is 0 Å². The van der Waals surface area contributed by atoms with Crippen LogP contribution in [0.1, 0.15) is 35.6 Å². The summed E-state index contributed by atoms with van der Waals surface area (Å²) in [5.74, 6) is 0.257. The van der Waals surface area contributed by atoms with Gasteiger partial charge in [-0.1, -0.05) is 31.7 Å². The van der Waals surface area contributed by atoms with Crippen molar-refractivity contribution in [1.29, 1.82) is 0 Å². The molecule has 2 aliphatic rings. The van der Waals surface area contributed by atoms with Gasteiger partial charge in [0.05, 0.1) is 35.6 Å². The summed E-state index contributed by atoms with van der Waals surface area (Å²) in [5, 5.41) is 22.1. The van der Waals surface area contributed by atoms with Crippen molar-refractivity contribution in [3.63, 3.8) is 0 Å². The lowest BCUT2D eigenvalue weighted by Gasteiger charge is -2.35. The molecule has 142 valence electrons. The second-order valence-corrected chi connectivity index (χ2v) is 7.33. The molecule has 0 saturated carbocycles. The van der Waals surface area contributed by atoms with Gasteiger partial charge in [-0.3, -0.25) is 4.79 Å². The van der Waals surface area contributed by atoms with Gasteiger partial charge in [-0.15, -0.1) is 0 Å². The normalized spacial score (nSPS) is 19.9. The summed E-state index contributed by atoms with van der Waals surface area (Å²) in [4.78, 5) is 18.0. The standard InChI is InChI=1S/C22H20N2O4/c1-3-22(27)12(2)28-11-16-17(22)8-19-20-14(9-24(19)21(16)26)15(10-25)13-6-4-5-7-18(13)23-20/h4-8,25,27H,2-3,9-11H2,1H3/t22-/m1/s1. The number of para-hydroxylation sites is 1. The fraction of sp³-hybridized carbons (Fsp3) is 0.273. The zero-order valence-electron chi connectivity index (χ0n) is 15.5. The average Bonchev–Trinajstić information content (AvgIpc) is 3.08. The van der Waals surface area contributed by atoms with Crippen LogP contribution in [0.4, 0.5) is 0 Å². The van der Waals surface area contributed by atoms with E-state index in [-0.39, 0.29) is 24.5 Å². The van der Waals surface area contributed by atoms with Crippen LogP contribution in [0, 0.1) is 0 Å². The maximum absolute atomic E-state index is 13.2. The van der Waals surface area contributed by atoms with E-state index < -0.39 is 5.60 Å². The maximum Gasteiger partial charge on any atom is 0.258 e. The number of aliphatic hydroxyl groups excluding tert-OH is 1. The molecule has 6 nitrogen and oxygen atoms in total. The van der Waals surface area contributed by atoms with E-state index in [0.717, 1.165) is 22.0 Å². The highest BCUT2D eigenvalue weighted by atomic mass is 16.5. The van der Waals surface area contributed by atoms with Gasteiger partial charge < -0.3 is 19.5 Å². The molecule has 2 aromatic heterocycles. The largest absolute Gasteiger partial charge is 0.490 e. The number of aliphatic hydroxyl groups is 2. The zero-order valence-corrected chi connectivity index (χ0v) is 15.5. The number of aromatic nitrogens is 2. The smallest absolute Gasteiger partial charge is 0.258 e. The Hall–Kier alpha value is -2.96. The van der Waals surface area contributed by atoms with Crippen LogP contribution in [0.3, 0.4) is 0 Å². The molecule has 0 radical (unpaired) electrons. The van der Waals surface area contributed by atoms with Crippen LogP contribution in [0.15, 0.2) is 47.5 Å². The SMILES string of the molecule is C=C1OCc2c(cc3n(c2=O)Cc2c-3nc3ccccc3c2CO)[C@@]1(O)CC. The Kier molecular flexibility index (Phi) is 3.53. The molecule has 2 N–H and O–H groups in total. The summed E-state index contributed by atoms with van der Waals surface area (Å²) < 4.78 is 7.18. The third-order valence-electron chi connectivity index (χ3n) is 6.04. The number of benzene rings is 1. The molecule has 0 spiro atoms. The number of fused-ring (bicyclic) bond motifs is 5. The molecule has 3 aromatic rings. The van der Waals surface area contributed by atoms with Crippen molar-refractivity contribution >= 4 is 10.9 Å². The van der Waals surface area contributed by atoms with Crippen molar-refractivity contribution in [2.24, 2.45) is 0 Å². The number of hydrogen-bond donors (Lipinski definition) is 2. The molecule has 1 atom stereocenters. The molecular formula is C22H20N2O4. The lowest BCUT2D eigenvalue weighted by atomic mass is 9.84. The van der Waals surface area contributed by atoms with Crippen molar-refractivity contribution in [2.45, 2.75) is 38.7 Å². The molecule has 4 heterocycles. The van der Waals surface area contributed by atoms with E-state index in [0.29, 0.717) is 35.5 Å². The van der Waals surface area contributed by atoms with Gasteiger partial charge in [0.15, 0.2) is 0 Å². The van der Waals surface area contributed by atoms with Crippen molar-refractivity contribution in [2.75, 3.05) is 0 Å². The van der Waals surface area contributed by atoms with Crippen molar-refractivity contribution < 1.29 is 14.9 Å². The van der Waals surface area contributed by atoms with Crippen molar-refractivity contribution in [3.05, 3.63) is 75.3 Å². The highest BCUT2D eigenvalue weighted by Gasteiger charge is 2.41. The predicted molar refractivity (Wildman–Crippen MR) is 105 cm³/mol. The molecule has 0 amide bonds. The average molecular weight is 376 g/mol. The van der Waals surface area contributed by atoms with Crippen LogP contribution in [-0.4, -0.2) is 19.8 Å². The Bertz CT molecular complexity index is 1230. The van der Waals surface area contributed by atoms with E-state index in [9.17, 15) is 15.0 Å². The molecular weight excluding hydrogens is 356 g/mol. The van der Waals surface area contributed by atoms with Crippen LogP contribution in [0.25, 0.3) is 22.3 Å². The number of nitrogens with zero attached hydrogens (tertiary/aromatic N) is 2. The Morgan fingerprint density at radius 3 is 2.86 bits per heavy atom. The van der Waals surface area contributed by atoms with Gasteiger partial charge >= 0.3 is 0 Å². The maximum atomic E-state index is 13.2. The van der Waals surface area contributed by atoms with Gasteiger partial charge in [-0.25, -0.2) is 4.98 Å². The highest BCUT2D eigenvalue weighted by molar-refractivity contribution is 5.88. The summed E-state index contributed by atoms with van der Waals surface area (Å²) in [7, 11) is 0. The minimum atomic E-state index is -1.40. The third kappa shape index (κ3) is 2.04. The lowest BCUT2D eigenvalue weighted by molar-refractivity contribution is -0.0172. The fourth-order valence-corrected chi connectivity index (χ4v) is 4.41. The Morgan fingerprint density at radius 1 is 1.32 bits per heavy atom. The fourth-order valence-electron chi connectivity index (χ4n) is 4.41. The van der Waals surface area contributed by atoms with E-state index in [1.54, 1.807) is 4.57 Å². The van der Waals surface area contributed by atoms with Gasteiger partial charge in [0.25, 0.3) is 5.56 Å². The van der Waals surface area contributed by atoms with Gasteiger partial charge in [0, 0.05) is 16.5 Å². The van der Waals surface area contributed by atoms with Gasteiger partial charge in [-0.2, -0.15) is 0 Å². The van der Waals surface area contributed by atoms with Crippen LogP contribution < -0.4 is 5.56 Å². The monoisotopic (exact) mass is 376 g/mol. The number of pyridine rings is 2. The number of ether oxygens (including phenoxy) is 1. The van der Waals surface area contributed by atoms with Crippen LogP contribution in [0.5, 0.6) is 0 Å². The number of hydrogen-bond acceptors (Lipinski definition) is 5. The van der Waals surface area contributed by atoms with Crippen LogP contribution in [-0.2, 0) is 30.1 Å². The molecule has 28 heavy (non-hydrogen) atoms. The highest BCUT2D eigenvalue weighted by Crippen LogP contribution is 2.42. The first-order valence-electron chi connectivity index (χ1n) is 9.33. The summed E-state index contributed by atoms with van der Waals surface area (Å²) in [6.07, 6.45) is 0.349. The zero-order chi connectivity index (χ0) is 19.6. The molecule has 0 aliphatic carbocycles. The molecule has 2 aliphatic heterocycles. The third-order valence-corrected chi connectivity index (χ3v) is 6.04. The lowest BCUT2D eigenvalue weighted by Crippen LogP contribution is -2.38.